The molecule has 1 aliphatic heterocycles. The largest absolute Gasteiger partial charge is 0.444 e. The van der Waals surface area contributed by atoms with E-state index in [0.29, 0.717) is 6.61 Å². The highest BCUT2D eigenvalue weighted by Gasteiger charge is 2.55. The molecule has 2 rings (SSSR count). The molecule has 0 aromatic carbocycles. The summed E-state index contributed by atoms with van der Waals surface area (Å²) in [5.41, 5.74) is -1.21. The van der Waals surface area contributed by atoms with Gasteiger partial charge in [-0.25, -0.2) is 4.79 Å². The maximum atomic E-state index is 12.3. The lowest BCUT2D eigenvalue weighted by atomic mass is 10.1. The zero-order valence-corrected chi connectivity index (χ0v) is 12.3. The first kappa shape index (κ1) is 14.3. The Bertz CT molecular complexity index is 385. The molecule has 1 aliphatic carbocycles. The lowest BCUT2D eigenvalue weighted by Crippen LogP contribution is -2.50. The highest BCUT2D eigenvalue weighted by molar-refractivity contribution is 5.70. The van der Waals surface area contributed by atoms with E-state index < -0.39 is 11.3 Å². The van der Waals surface area contributed by atoms with Crippen LogP contribution in [0.15, 0.2) is 0 Å². The summed E-state index contributed by atoms with van der Waals surface area (Å²) < 4.78 is 11.2. The first-order valence-corrected chi connectivity index (χ1v) is 6.77. The summed E-state index contributed by atoms with van der Waals surface area (Å²) in [7, 11) is 0. The number of aldehydes is 1. The van der Waals surface area contributed by atoms with Crippen molar-refractivity contribution in [1.29, 1.82) is 0 Å². The van der Waals surface area contributed by atoms with Crippen molar-refractivity contribution in [2.45, 2.75) is 58.4 Å². The number of carbonyl (C=O) groups excluding carboxylic acids is 2. The fraction of sp³-hybridized carbons (Fsp3) is 0.857. The van der Waals surface area contributed by atoms with Crippen molar-refractivity contribution in [3.05, 3.63) is 0 Å². The monoisotopic (exact) mass is 269 g/mol. The summed E-state index contributed by atoms with van der Waals surface area (Å²) in [5.74, 6) is 0.277. The Labute approximate surface area is 114 Å². The van der Waals surface area contributed by atoms with Gasteiger partial charge in [-0.1, -0.05) is 0 Å². The smallest absolute Gasteiger partial charge is 0.412 e. The van der Waals surface area contributed by atoms with Gasteiger partial charge in [0.2, 0.25) is 0 Å². The van der Waals surface area contributed by atoms with Crippen LogP contribution in [0.1, 0.15) is 41.0 Å². The maximum Gasteiger partial charge on any atom is 0.412 e. The summed E-state index contributed by atoms with van der Waals surface area (Å²) in [6.07, 6.45) is 1.45. The number of ether oxygens (including phenoxy) is 2. The van der Waals surface area contributed by atoms with Crippen molar-refractivity contribution in [3.63, 3.8) is 0 Å². The Morgan fingerprint density at radius 2 is 2.05 bits per heavy atom. The van der Waals surface area contributed by atoms with Gasteiger partial charge in [-0.3, -0.25) is 4.90 Å². The molecule has 1 amide bonds. The molecule has 19 heavy (non-hydrogen) atoms. The van der Waals surface area contributed by atoms with Crippen LogP contribution in [-0.4, -0.2) is 41.3 Å². The molecule has 0 bridgehead atoms. The van der Waals surface area contributed by atoms with Crippen LogP contribution in [0.5, 0.6) is 0 Å². The molecule has 2 aliphatic rings. The molecule has 108 valence electrons. The number of amides is 1. The van der Waals surface area contributed by atoms with Gasteiger partial charge in [0, 0.05) is 5.92 Å². The number of hydrogen-bond acceptors (Lipinski definition) is 4. The molecule has 1 saturated carbocycles. The van der Waals surface area contributed by atoms with Gasteiger partial charge < -0.3 is 14.3 Å². The van der Waals surface area contributed by atoms with Gasteiger partial charge >= 0.3 is 6.09 Å². The fourth-order valence-electron chi connectivity index (χ4n) is 2.65. The lowest BCUT2D eigenvalue weighted by Gasteiger charge is -2.35. The molecule has 0 spiro atoms. The third kappa shape index (κ3) is 2.91. The second kappa shape index (κ2) is 4.47. The van der Waals surface area contributed by atoms with Crippen LogP contribution in [0, 0.1) is 11.8 Å². The molecule has 0 aromatic heterocycles. The van der Waals surface area contributed by atoms with Gasteiger partial charge in [0.25, 0.3) is 0 Å². The van der Waals surface area contributed by atoms with E-state index in [9.17, 15) is 9.59 Å². The van der Waals surface area contributed by atoms with Crippen molar-refractivity contribution < 1.29 is 19.1 Å². The molecular weight excluding hydrogens is 246 g/mol. The van der Waals surface area contributed by atoms with Crippen LogP contribution in [0.4, 0.5) is 4.79 Å². The third-order valence-electron chi connectivity index (χ3n) is 3.67. The second-order valence-electron chi connectivity index (χ2n) is 6.87. The SMILES string of the molecule is CC(C)(C)OC(=O)N1C(C2CC2C=O)COC1(C)C. The van der Waals surface area contributed by atoms with Gasteiger partial charge in [0.15, 0.2) is 0 Å². The Kier molecular flexibility index (Phi) is 3.37. The average molecular weight is 269 g/mol. The average Bonchev–Trinajstić information content (AvgIpc) is 2.93. The minimum atomic E-state index is -0.678. The fourth-order valence-corrected chi connectivity index (χ4v) is 2.65. The molecule has 0 radical (unpaired) electrons. The van der Waals surface area contributed by atoms with E-state index in [1.165, 1.54) is 0 Å². The van der Waals surface area contributed by atoms with Crippen LogP contribution in [0.3, 0.4) is 0 Å². The molecule has 5 nitrogen and oxygen atoms in total. The molecule has 0 N–H and O–H groups in total. The van der Waals surface area contributed by atoms with Crippen LogP contribution in [0.25, 0.3) is 0 Å². The molecule has 1 saturated heterocycles. The maximum absolute atomic E-state index is 12.3. The van der Waals surface area contributed by atoms with E-state index in [-0.39, 0.29) is 24.0 Å². The number of hydrogen-bond donors (Lipinski definition) is 0. The van der Waals surface area contributed by atoms with Crippen molar-refractivity contribution in [3.8, 4) is 0 Å². The Morgan fingerprint density at radius 3 is 2.53 bits per heavy atom. The summed E-state index contributed by atoms with van der Waals surface area (Å²) in [4.78, 5) is 24.8. The van der Waals surface area contributed by atoms with Crippen LogP contribution >= 0.6 is 0 Å². The number of carbonyl (C=O) groups is 2. The highest BCUT2D eigenvalue weighted by Crippen LogP contribution is 2.46. The van der Waals surface area contributed by atoms with E-state index >= 15 is 0 Å². The van der Waals surface area contributed by atoms with Gasteiger partial charge in [-0.15, -0.1) is 0 Å². The predicted octanol–water partition coefficient (Wildman–Crippen LogP) is 2.19. The summed E-state index contributed by atoms with van der Waals surface area (Å²) >= 11 is 0. The normalized spacial score (nSPS) is 33.1. The molecule has 3 atom stereocenters. The minimum absolute atomic E-state index is 0.0555. The zero-order valence-electron chi connectivity index (χ0n) is 12.3. The third-order valence-corrected chi connectivity index (χ3v) is 3.67. The first-order valence-electron chi connectivity index (χ1n) is 6.77. The van der Waals surface area contributed by atoms with E-state index in [2.05, 4.69) is 0 Å². The quantitative estimate of drug-likeness (QED) is 0.721. The molecule has 0 aromatic rings. The minimum Gasteiger partial charge on any atom is -0.444 e. The second-order valence-corrected chi connectivity index (χ2v) is 6.87. The number of nitrogens with zero attached hydrogens (tertiary/aromatic N) is 1. The summed E-state index contributed by atoms with van der Waals surface area (Å²) in [6, 6.07) is -0.0555. The van der Waals surface area contributed by atoms with Crippen molar-refractivity contribution in [1.82, 2.24) is 4.90 Å². The summed E-state index contributed by atoms with van der Waals surface area (Å²) in [5, 5.41) is 0. The van der Waals surface area contributed by atoms with E-state index in [4.69, 9.17) is 9.47 Å². The van der Waals surface area contributed by atoms with Crippen LogP contribution in [-0.2, 0) is 14.3 Å². The van der Waals surface area contributed by atoms with Gasteiger partial charge in [-0.2, -0.15) is 0 Å². The van der Waals surface area contributed by atoms with Crippen molar-refractivity contribution in [2.24, 2.45) is 11.8 Å². The zero-order chi connectivity index (χ0) is 14.4. The molecule has 2 fully saturated rings. The van der Waals surface area contributed by atoms with Gasteiger partial charge in [-0.05, 0) is 47.0 Å². The first-order chi connectivity index (χ1) is 8.65. The van der Waals surface area contributed by atoms with Crippen molar-refractivity contribution >= 4 is 12.4 Å². The van der Waals surface area contributed by atoms with Crippen LogP contribution in [0.2, 0.25) is 0 Å². The van der Waals surface area contributed by atoms with E-state index in [1.807, 2.05) is 34.6 Å². The Morgan fingerprint density at radius 1 is 1.42 bits per heavy atom. The van der Waals surface area contributed by atoms with E-state index in [1.54, 1.807) is 4.90 Å². The van der Waals surface area contributed by atoms with E-state index in [0.717, 1.165) is 12.7 Å². The predicted molar refractivity (Wildman–Crippen MR) is 69.6 cm³/mol. The van der Waals surface area contributed by atoms with Crippen LogP contribution < -0.4 is 0 Å². The molecule has 1 heterocycles. The van der Waals surface area contributed by atoms with Crippen molar-refractivity contribution in [2.75, 3.05) is 6.61 Å². The highest BCUT2D eigenvalue weighted by atomic mass is 16.6. The molecule has 3 unspecified atom stereocenters. The number of rotatable bonds is 2. The Hall–Kier alpha value is -1.10. The molecule has 5 heteroatoms. The summed E-state index contributed by atoms with van der Waals surface area (Å²) in [6.45, 7) is 9.71. The topological polar surface area (TPSA) is 55.8 Å². The molecular formula is C14H23NO4. The van der Waals surface area contributed by atoms with Gasteiger partial charge in [0.1, 0.15) is 17.6 Å². The standard InChI is InChI=1S/C14H23NO4/c1-13(2,3)19-12(17)15-11(8-18-14(15,4)5)10-6-9(10)7-16/h7,9-11H,6,8H2,1-5H3. The Balaban J connectivity index is 2.13. The lowest BCUT2D eigenvalue weighted by molar-refractivity contribution is -0.109. The van der Waals surface area contributed by atoms with Gasteiger partial charge in [0.05, 0.1) is 12.6 Å².